The molecule has 3 aromatic rings. The molecule has 33 heavy (non-hydrogen) atoms. The molecule has 5 rings (SSSR count). The lowest BCUT2D eigenvalue weighted by Gasteiger charge is -2.25. The minimum atomic E-state index is -0.638. The molecule has 0 saturated carbocycles. The van der Waals surface area contributed by atoms with Crippen molar-refractivity contribution in [3.63, 3.8) is 0 Å². The Bertz CT molecular complexity index is 1290. The number of hydrogen-bond acceptors (Lipinski definition) is 6. The van der Waals surface area contributed by atoms with Gasteiger partial charge in [0.2, 0.25) is 5.91 Å². The highest BCUT2D eigenvalue weighted by Crippen LogP contribution is 2.37. The highest BCUT2D eigenvalue weighted by Gasteiger charge is 2.42. The number of carbonyl (C=O) groups is 2. The van der Waals surface area contributed by atoms with Gasteiger partial charge in [0.25, 0.3) is 5.91 Å². The second-order valence-electron chi connectivity index (χ2n) is 7.39. The summed E-state index contributed by atoms with van der Waals surface area (Å²) in [4.78, 5) is 37.0. The maximum atomic E-state index is 13.4. The van der Waals surface area contributed by atoms with Crippen LogP contribution >= 0.6 is 11.8 Å². The lowest BCUT2D eigenvalue weighted by atomic mass is 10.1. The van der Waals surface area contributed by atoms with Crippen LogP contribution in [0.5, 0.6) is 5.75 Å². The molecule has 2 amide bonds. The van der Waals surface area contributed by atoms with Crippen molar-refractivity contribution in [1.29, 1.82) is 0 Å². The van der Waals surface area contributed by atoms with E-state index >= 15 is 0 Å². The first-order chi connectivity index (χ1) is 16.2. The summed E-state index contributed by atoms with van der Waals surface area (Å²) in [6.45, 7) is 0. The molecule has 2 aliphatic heterocycles. The Morgan fingerprint density at radius 1 is 1.03 bits per heavy atom. The Kier molecular flexibility index (Phi) is 5.66. The molecule has 0 unspecified atom stereocenters. The predicted molar refractivity (Wildman–Crippen MR) is 130 cm³/mol. The summed E-state index contributed by atoms with van der Waals surface area (Å²) in [5.74, 6) is 0.811. The molecule has 0 fully saturated rings. The number of methoxy groups -OCH3 is 1. The number of rotatable bonds is 5. The zero-order chi connectivity index (χ0) is 22.8. The van der Waals surface area contributed by atoms with Crippen molar-refractivity contribution in [1.82, 2.24) is 4.90 Å². The SMILES string of the molecule is COc1ccccc1NC(=O)CSC1=Nc2ccccc2C2=N[C@@H](c3ccccc3)C(=O)N12. The Morgan fingerprint density at radius 2 is 1.76 bits per heavy atom. The van der Waals surface area contributed by atoms with Crippen molar-refractivity contribution in [2.45, 2.75) is 6.04 Å². The van der Waals surface area contributed by atoms with Crippen LogP contribution in [0.25, 0.3) is 0 Å². The van der Waals surface area contributed by atoms with Gasteiger partial charge in [-0.1, -0.05) is 66.4 Å². The summed E-state index contributed by atoms with van der Waals surface area (Å²) >= 11 is 1.20. The molecular weight excluding hydrogens is 436 g/mol. The number of fused-ring (bicyclic) bond motifs is 3. The van der Waals surface area contributed by atoms with E-state index in [1.54, 1.807) is 19.2 Å². The van der Waals surface area contributed by atoms with E-state index in [0.717, 1.165) is 16.8 Å². The van der Waals surface area contributed by atoms with Gasteiger partial charge in [0.15, 0.2) is 11.2 Å². The van der Waals surface area contributed by atoms with E-state index < -0.39 is 6.04 Å². The van der Waals surface area contributed by atoms with E-state index in [1.807, 2.05) is 66.7 Å². The number of hydrogen-bond donors (Lipinski definition) is 1. The number of carbonyl (C=O) groups excluding carboxylic acids is 2. The topological polar surface area (TPSA) is 83.4 Å². The van der Waals surface area contributed by atoms with Crippen LogP contribution in [-0.4, -0.2) is 40.6 Å². The zero-order valence-corrected chi connectivity index (χ0v) is 18.6. The number of anilines is 1. The van der Waals surface area contributed by atoms with Crippen LogP contribution in [0, 0.1) is 0 Å². The number of nitrogens with zero attached hydrogens (tertiary/aromatic N) is 3. The normalized spacial score (nSPS) is 16.5. The molecule has 7 nitrogen and oxygen atoms in total. The Balaban J connectivity index is 1.40. The van der Waals surface area contributed by atoms with Crippen LogP contribution in [0.2, 0.25) is 0 Å². The Hall–Kier alpha value is -3.91. The molecule has 0 spiro atoms. The monoisotopic (exact) mass is 456 g/mol. The molecule has 164 valence electrons. The smallest absolute Gasteiger partial charge is 0.263 e. The molecule has 0 saturated heterocycles. The van der Waals surface area contributed by atoms with Crippen molar-refractivity contribution in [2.75, 3.05) is 18.2 Å². The lowest BCUT2D eigenvalue weighted by Crippen LogP contribution is -2.40. The number of amidine groups is 2. The molecule has 2 aliphatic rings. The number of amides is 2. The number of ether oxygens (including phenoxy) is 1. The van der Waals surface area contributed by atoms with E-state index in [0.29, 0.717) is 22.4 Å². The summed E-state index contributed by atoms with van der Waals surface area (Å²) in [5.41, 5.74) is 2.93. The fourth-order valence-corrected chi connectivity index (χ4v) is 4.56. The molecule has 1 atom stereocenters. The Labute approximate surface area is 195 Å². The number of thioether (sulfide) groups is 1. The second-order valence-corrected chi connectivity index (χ2v) is 8.33. The standard InChI is InChI=1S/C25H20N4O3S/c1-32-20-14-8-7-13-19(20)26-21(30)15-33-25-27-18-12-6-5-11-17(18)23-28-22(24(31)29(23)25)16-9-3-2-4-10-16/h2-14,22H,15H2,1H3,(H,26,30)/t22-/m0/s1. The number of aliphatic imine (C=N–C) groups is 2. The molecular formula is C25H20N4O3S. The number of benzene rings is 3. The quantitative estimate of drug-likeness (QED) is 0.617. The van der Waals surface area contributed by atoms with Gasteiger partial charge < -0.3 is 10.1 Å². The fourth-order valence-electron chi connectivity index (χ4n) is 3.76. The van der Waals surface area contributed by atoms with Crippen LogP contribution in [-0.2, 0) is 9.59 Å². The third kappa shape index (κ3) is 4.01. The fraction of sp³-hybridized carbons (Fsp3) is 0.120. The first-order valence-electron chi connectivity index (χ1n) is 10.4. The minimum Gasteiger partial charge on any atom is -0.495 e. The lowest BCUT2D eigenvalue weighted by molar-refractivity contribution is -0.124. The molecule has 0 bridgehead atoms. The number of nitrogens with one attached hydrogen (secondary N) is 1. The van der Waals surface area contributed by atoms with Gasteiger partial charge in [-0.2, -0.15) is 0 Å². The van der Waals surface area contributed by atoms with E-state index in [9.17, 15) is 9.59 Å². The first-order valence-corrected chi connectivity index (χ1v) is 11.3. The molecule has 2 heterocycles. The van der Waals surface area contributed by atoms with Gasteiger partial charge in [-0.15, -0.1) is 0 Å². The second kappa shape index (κ2) is 8.91. The first kappa shape index (κ1) is 21.0. The summed E-state index contributed by atoms with van der Waals surface area (Å²) in [6, 6.07) is 23.6. The van der Waals surface area contributed by atoms with Crippen molar-refractivity contribution in [2.24, 2.45) is 9.98 Å². The van der Waals surface area contributed by atoms with Crippen LogP contribution < -0.4 is 10.1 Å². The third-order valence-corrected chi connectivity index (χ3v) is 6.24. The van der Waals surface area contributed by atoms with Gasteiger partial charge in [0.1, 0.15) is 11.6 Å². The molecule has 3 aromatic carbocycles. The average Bonchev–Trinajstić information content (AvgIpc) is 3.21. The van der Waals surface area contributed by atoms with Crippen LogP contribution in [0.1, 0.15) is 17.2 Å². The van der Waals surface area contributed by atoms with Crippen LogP contribution in [0.3, 0.4) is 0 Å². The van der Waals surface area contributed by atoms with Crippen LogP contribution in [0.15, 0.2) is 88.8 Å². The third-order valence-electron chi connectivity index (χ3n) is 5.30. The summed E-state index contributed by atoms with van der Waals surface area (Å²) in [6.07, 6.45) is 0. The van der Waals surface area contributed by atoms with Crippen molar-refractivity contribution in [3.8, 4) is 5.75 Å². The van der Waals surface area contributed by atoms with Crippen molar-refractivity contribution < 1.29 is 14.3 Å². The highest BCUT2D eigenvalue weighted by molar-refractivity contribution is 8.14. The van der Waals surface area contributed by atoms with Gasteiger partial charge in [0.05, 0.1) is 24.2 Å². The highest BCUT2D eigenvalue weighted by atomic mass is 32.2. The van der Waals surface area contributed by atoms with Crippen molar-refractivity contribution in [3.05, 3.63) is 90.0 Å². The zero-order valence-electron chi connectivity index (χ0n) is 17.8. The van der Waals surface area contributed by atoms with Gasteiger partial charge in [-0.3, -0.25) is 9.59 Å². The van der Waals surface area contributed by atoms with E-state index in [1.165, 1.54) is 16.7 Å². The molecule has 0 aliphatic carbocycles. The summed E-state index contributed by atoms with van der Waals surface area (Å²) < 4.78 is 5.29. The molecule has 8 heteroatoms. The average molecular weight is 457 g/mol. The molecule has 0 aromatic heterocycles. The summed E-state index contributed by atoms with van der Waals surface area (Å²) in [5, 5.41) is 3.29. The maximum Gasteiger partial charge on any atom is 0.263 e. The van der Waals surface area contributed by atoms with E-state index in [-0.39, 0.29) is 17.6 Å². The maximum absolute atomic E-state index is 13.4. The van der Waals surface area contributed by atoms with Gasteiger partial charge in [-0.25, -0.2) is 14.9 Å². The molecule has 0 radical (unpaired) electrons. The minimum absolute atomic E-state index is 0.0755. The summed E-state index contributed by atoms with van der Waals surface area (Å²) in [7, 11) is 1.55. The van der Waals surface area contributed by atoms with Crippen LogP contribution in [0.4, 0.5) is 11.4 Å². The predicted octanol–water partition coefficient (Wildman–Crippen LogP) is 4.40. The van der Waals surface area contributed by atoms with E-state index in [2.05, 4.69) is 10.3 Å². The number of para-hydroxylation sites is 3. The van der Waals surface area contributed by atoms with Gasteiger partial charge in [0, 0.05) is 5.56 Å². The largest absolute Gasteiger partial charge is 0.495 e. The van der Waals surface area contributed by atoms with Crippen molar-refractivity contribution >= 4 is 46.0 Å². The van der Waals surface area contributed by atoms with Gasteiger partial charge in [-0.05, 0) is 29.8 Å². The van der Waals surface area contributed by atoms with E-state index in [4.69, 9.17) is 9.73 Å². The van der Waals surface area contributed by atoms with Gasteiger partial charge >= 0.3 is 0 Å². The molecule has 1 N–H and O–H groups in total. The Morgan fingerprint density at radius 3 is 2.58 bits per heavy atom.